The van der Waals surface area contributed by atoms with Gasteiger partial charge < -0.3 is 11.1 Å². The Morgan fingerprint density at radius 1 is 1.44 bits per heavy atom. The molecule has 0 amide bonds. The van der Waals surface area contributed by atoms with E-state index < -0.39 is 9.84 Å². The number of nitrogens with two attached hydrogens (primary N) is 1. The molecule has 1 heterocycles. The Bertz CT molecular complexity index is 457. The minimum Gasteiger partial charge on any atom is -0.396 e. The summed E-state index contributed by atoms with van der Waals surface area (Å²) in [6, 6.07) is 3.61. The molecule has 0 spiro atoms. The third-order valence-electron chi connectivity index (χ3n) is 2.05. The molecule has 0 radical (unpaired) electrons. The zero-order valence-corrected chi connectivity index (χ0v) is 10.3. The highest BCUT2D eigenvalue weighted by atomic mass is 32.2. The maximum Gasteiger partial charge on any atom is 0.149 e. The van der Waals surface area contributed by atoms with Crippen molar-refractivity contribution in [1.82, 2.24) is 4.98 Å². The second-order valence-electron chi connectivity index (χ2n) is 3.80. The first-order valence-corrected chi connectivity index (χ1v) is 7.09. The van der Waals surface area contributed by atoms with E-state index in [0.717, 1.165) is 5.69 Å². The molecule has 6 heteroatoms. The molecule has 1 aromatic heterocycles. The number of nitrogens with zero attached hydrogens (tertiary/aromatic N) is 1. The van der Waals surface area contributed by atoms with Crippen LogP contribution in [0.4, 0.5) is 11.5 Å². The van der Waals surface area contributed by atoms with Crippen LogP contribution in [0.5, 0.6) is 0 Å². The van der Waals surface area contributed by atoms with E-state index in [4.69, 9.17) is 5.73 Å². The van der Waals surface area contributed by atoms with Gasteiger partial charge in [-0.15, -0.1) is 0 Å². The van der Waals surface area contributed by atoms with Crippen LogP contribution < -0.4 is 11.1 Å². The Morgan fingerprint density at radius 2 is 2.12 bits per heavy atom. The minimum atomic E-state index is -2.89. The summed E-state index contributed by atoms with van der Waals surface area (Å²) < 4.78 is 21.8. The summed E-state index contributed by atoms with van der Waals surface area (Å²) >= 11 is 0. The average molecular weight is 243 g/mol. The molecule has 3 N–H and O–H groups in total. The molecule has 0 bridgehead atoms. The molecule has 0 saturated heterocycles. The highest BCUT2D eigenvalue weighted by molar-refractivity contribution is 7.90. The van der Waals surface area contributed by atoms with Crippen LogP contribution in [-0.2, 0) is 9.84 Å². The molecule has 0 fully saturated rings. The number of nitrogens with one attached hydrogen (secondary N) is 1. The SMILES string of the molecule is Cc1ccc(N)c(NCCCS(C)(=O)=O)n1. The predicted molar refractivity (Wildman–Crippen MR) is 66.2 cm³/mol. The van der Waals surface area contributed by atoms with Gasteiger partial charge in [-0.25, -0.2) is 13.4 Å². The van der Waals surface area contributed by atoms with Gasteiger partial charge in [-0.3, -0.25) is 0 Å². The lowest BCUT2D eigenvalue weighted by Gasteiger charge is -2.08. The summed E-state index contributed by atoms with van der Waals surface area (Å²) in [7, 11) is -2.89. The van der Waals surface area contributed by atoms with Gasteiger partial charge in [0, 0.05) is 18.5 Å². The Hall–Kier alpha value is -1.30. The van der Waals surface area contributed by atoms with E-state index in [2.05, 4.69) is 10.3 Å². The number of anilines is 2. The summed E-state index contributed by atoms with van der Waals surface area (Å²) in [4.78, 5) is 4.22. The van der Waals surface area contributed by atoms with Crippen molar-refractivity contribution in [3.05, 3.63) is 17.8 Å². The highest BCUT2D eigenvalue weighted by Crippen LogP contribution is 2.14. The van der Waals surface area contributed by atoms with Gasteiger partial charge >= 0.3 is 0 Å². The highest BCUT2D eigenvalue weighted by Gasteiger charge is 2.03. The van der Waals surface area contributed by atoms with Crippen LogP contribution in [0.2, 0.25) is 0 Å². The van der Waals surface area contributed by atoms with Crippen LogP contribution in [0.1, 0.15) is 12.1 Å². The van der Waals surface area contributed by atoms with Crippen molar-refractivity contribution < 1.29 is 8.42 Å². The number of hydrogen-bond donors (Lipinski definition) is 2. The molecule has 16 heavy (non-hydrogen) atoms. The smallest absolute Gasteiger partial charge is 0.149 e. The summed E-state index contributed by atoms with van der Waals surface area (Å²) in [5.74, 6) is 0.791. The maximum absolute atomic E-state index is 10.9. The third kappa shape index (κ3) is 4.48. The fraction of sp³-hybridized carbons (Fsp3) is 0.500. The van der Waals surface area contributed by atoms with Gasteiger partial charge in [0.05, 0.1) is 11.4 Å². The standard InChI is InChI=1S/C10H17N3O2S/c1-8-4-5-9(11)10(13-8)12-6-3-7-16(2,14)15/h4-5H,3,6-7,11H2,1-2H3,(H,12,13). The summed E-state index contributed by atoms with van der Waals surface area (Å²) in [5, 5.41) is 3.03. The van der Waals surface area contributed by atoms with Gasteiger partial charge in [0.15, 0.2) is 0 Å². The monoisotopic (exact) mass is 243 g/mol. The normalized spacial score (nSPS) is 11.4. The molecule has 90 valence electrons. The van der Waals surface area contributed by atoms with Gasteiger partial charge in [-0.05, 0) is 25.5 Å². The first-order chi connectivity index (χ1) is 7.38. The third-order valence-corrected chi connectivity index (χ3v) is 3.08. The topological polar surface area (TPSA) is 85.1 Å². The quantitative estimate of drug-likeness (QED) is 0.748. The molecule has 0 saturated carbocycles. The van der Waals surface area contributed by atoms with Gasteiger partial charge in [-0.1, -0.05) is 0 Å². The van der Waals surface area contributed by atoms with Crippen molar-refractivity contribution in [2.24, 2.45) is 0 Å². The van der Waals surface area contributed by atoms with Crippen molar-refractivity contribution >= 4 is 21.3 Å². The van der Waals surface area contributed by atoms with Crippen LogP contribution in [0.3, 0.4) is 0 Å². The lowest BCUT2D eigenvalue weighted by Crippen LogP contribution is -2.11. The summed E-state index contributed by atoms with van der Waals surface area (Å²) in [6.45, 7) is 2.43. The lowest BCUT2D eigenvalue weighted by molar-refractivity contribution is 0.600. The summed E-state index contributed by atoms with van der Waals surface area (Å²) in [6.07, 6.45) is 1.78. The number of aryl methyl sites for hydroxylation is 1. The predicted octanol–water partition coefficient (Wildman–Crippen LogP) is 0.819. The average Bonchev–Trinajstić information content (AvgIpc) is 2.16. The fourth-order valence-electron chi connectivity index (χ4n) is 1.25. The molecule has 0 atom stereocenters. The number of nitrogen functional groups attached to an aromatic ring is 1. The molecule has 1 aromatic rings. The number of aromatic nitrogens is 1. The first-order valence-electron chi connectivity index (χ1n) is 5.03. The molecular weight excluding hydrogens is 226 g/mol. The largest absolute Gasteiger partial charge is 0.396 e. The second kappa shape index (κ2) is 5.16. The molecule has 1 rings (SSSR count). The van der Waals surface area contributed by atoms with Crippen LogP contribution in [0.15, 0.2) is 12.1 Å². The molecule has 0 aliphatic heterocycles. The zero-order chi connectivity index (χ0) is 12.2. The van der Waals surface area contributed by atoms with Gasteiger partial charge in [0.1, 0.15) is 15.7 Å². The molecule has 0 aliphatic carbocycles. The van der Waals surface area contributed by atoms with E-state index in [-0.39, 0.29) is 5.75 Å². The van der Waals surface area contributed by atoms with Gasteiger partial charge in [0.2, 0.25) is 0 Å². The van der Waals surface area contributed by atoms with Crippen LogP contribution in [0, 0.1) is 6.92 Å². The number of sulfone groups is 1. The van der Waals surface area contributed by atoms with E-state index in [0.29, 0.717) is 24.5 Å². The second-order valence-corrected chi connectivity index (χ2v) is 6.06. The van der Waals surface area contributed by atoms with Crippen molar-refractivity contribution in [3.8, 4) is 0 Å². The van der Waals surface area contributed by atoms with E-state index in [1.54, 1.807) is 6.07 Å². The Kier molecular flexibility index (Phi) is 4.12. The van der Waals surface area contributed by atoms with Crippen molar-refractivity contribution in [1.29, 1.82) is 0 Å². The van der Waals surface area contributed by atoms with E-state index in [9.17, 15) is 8.42 Å². The number of hydrogen-bond acceptors (Lipinski definition) is 5. The molecular formula is C10H17N3O2S. The van der Waals surface area contributed by atoms with Crippen molar-refractivity contribution in [3.63, 3.8) is 0 Å². The van der Waals surface area contributed by atoms with Crippen molar-refractivity contribution in [2.45, 2.75) is 13.3 Å². The Labute approximate surface area is 96.0 Å². The maximum atomic E-state index is 10.9. The van der Waals surface area contributed by atoms with Gasteiger partial charge in [0.25, 0.3) is 0 Å². The van der Waals surface area contributed by atoms with Crippen LogP contribution in [-0.4, -0.2) is 32.0 Å². The molecule has 5 nitrogen and oxygen atoms in total. The molecule has 0 aromatic carbocycles. The molecule has 0 aliphatic rings. The fourth-order valence-corrected chi connectivity index (χ4v) is 1.92. The minimum absolute atomic E-state index is 0.172. The van der Waals surface area contributed by atoms with Gasteiger partial charge in [-0.2, -0.15) is 0 Å². The number of rotatable bonds is 5. The Morgan fingerprint density at radius 3 is 2.75 bits per heavy atom. The zero-order valence-electron chi connectivity index (χ0n) is 9.53. The van der Waals surface area contributed by atoms with Crippen LogP contribution in [0.25, 0.3) is 0 Å². The van der Waals surface area contributed by atoms with Crippen molar-refractivity contribution in [2.75, 3.05) is 29.6 Å². The summed E-state index contributed by atoms with van der Waals surface area (Å²) in [5.41, 5.74) is 7.16. The molecule has 0 unspecified atom stereocenters. The lowest BCUT2D eigenvalue weighted by atomic mass is 10.3. The van der Waals surface area contributed by atoms with E-state index in [1.807, 2.05) is 13.0 Å². The van der Waals surface area contributed by atoms with E-state index >= 15 is 0 Å². The van der Waals surface area contributed by atoms with Crippen LogP contribution >= 0.6 is 0 Å². The first kappa shape index (κ1) is 12.8. The van der Waals surface area contributed by atoms with E-state index in [1.165, 1.54) is 6.26 Å². The number of pyridine rings is 1. The Balaban J connectivity index is 2.46.